The fourth-order valence-electron chi connectivity index (χ4n) is 0.859. The fraction of sp³-hybridized carbons (Fsp3) is 0.818. The Balaban J connectivity index is 4.18. The molecular weight excluding hydrogens is 192 g/mol. The molecule has 4 nitrogen and oxygen atoms in total. The van der Waals surface area contributed by atoms with E-state index in [0.717, 1.165) is 0 Å². The highest BCUT2D eigenvalue weighted by Gasteiger charge is 2.26. The predicted molar refractivity (Wildman–Crippen MR) is 60.0 cm³/mol. The molecule has 15 heavy (non-hydrogen) atoms. The lowest BCUT2D eigenvalue weighted by atomic mass is 9.91. The molecule has 0 bridgehead atoms. The van der Waals surface area contributed by atoms with Crippen molar-refractivity contribution in [2.24, 2.45) is 23.0 Å². The minimum absolute atomic E-state index is 0.0284. The Morgan fingerprint density at radius 2 is 1.73 bits per heavy atom. The molecule has 2 amide bonds. The third kappa shape index (κ3) is 4.32. The Morgan fingerprint density at radius 1 is 1.27 bits per heavy atom. The number of hydrogen-bond donors (Lipinski definition) is 2. The van der Waals surface area contributed by atoms with Crippen LogP contribution in [0.1, 0.15) is 34.6 Å². The first-order chi connectivity index (χ1) is 6.68. The van der Waals surface area contributed by atoms with Crippen molar-refractivity contribution in [1.82, 2.24) is 5.32 Å². The summed E-state index contributed by atoms with van der Waals surface area (Å²) in [4.78, 5) is 22.6. The van der Waals surface area contributed by atoms with Crippen LogP contribution in [0.15, 0.2) is 0 Å². The second-order valence-electron chi connectivity index (χ2n) is 5.00. The second-order valence-corrected chi connectivity index (χ2v) is 5.00. The van der Waals surface area contributed by atoms with Crippen LogP contribution in [0.4, 0.5) is 0 Å². The number of primary amides is 1. The van der Waals surface area contributed by atoms with Gasteiger partial charge in [-0.2, -0.15) is 0 Å². The molecule has 0 fully saturated rings. The van der Waals surface area contributed by atoms with Crippen molar-refractivity contribution in [3.63, 3.8) is 0 Å². The summed E-state index contributed by atoms with van der Waals surface area (Å²) in [6.45, 7) is 9.58. The van der Waals surface area contributed by atoms with Crippen molar-refractivity contribution in [3.05, 3.63) is 0 Å². The van der Waals surface area contributed by atoms with Crippen molar-refractivity contribution < 1.29 is 9.59 Å². The number of carbonyl (C=O) groups is 2. The average Bonchev–Trinajstić information content (AvgIpc) is 2.12. The van der Waals surface area contributed by atoms with Crippen LogP contribution in [-0.4, -0.2) is 18.4 Å². The van der Waals surface area contributed by atoms with Gasteiger partial charge in [0.2, 0.25) is 11.8 Å². The first kappa shape index (κ1) is 13.9. The fourth-order valence-corrected chi connectivity index (χ4v) is 0.859. The van der Waals surface area contributed by atoms with Gasteiger partial charge >= 0.3 is 0 Å². The molecule has 0 aromatic heterocycles. The van der Waals surface area contributed by atoms with Gasteiger partial charge < -0.3 is 11.1 Å². The molecule has 0 aromatic carbocycles. The standard InChI is InChI=1S/C11H22N2O2/c1-7(2)8(3)9(14)13-6-11(4,5)10(12)15/h7-8H,6H2,1-5H3,(H2,12,15)(H,13,14)/t8-/m0/s1. The van der Waals surface area contributed by atoms with E-state index in [0.29, 0.717) is 5.92 Å². The summed E-state index contributed by atoms with van der Waals surface area (Å²) >= 11 is 0. The molecule has 4 heteroatoms. The van der Waals surface area contributed by atoms with Gasteiger partial charge in [-0.15, -0.1) is 0 Å². The summed E-state index contributed by atoms with van der Waals surface area (Å²) in [5.41, 5.74) is 4.51. The van der Waals surface area contributed by atoms with Crippen LogP contribution in [0.2, 0.25) is 0 Å². The van der Waals surface area contributed by atoms with Crippen LogP contribution < -0.4 is 11.1 Å². The zero-order valence-corrected chi connectivity index (χ0v) is 10.3. The van der Waals surface area contributed by atoms with Gasteiger partial charge in [0.1, 0.15) is 0 Å². The first-order valence-electron chi connectivity index (χ1n) is 5.26. The van der Waals surface area contributed by atoms with E-state index in [1.165, 1.54) is 0 Å². The Bertz CT molecular complexity index is 247. The molecule has 0 heterocycles. The van der Waals surface area contributed by atoms with Crippen molar-refractivity contribution in [2.45, 2.75) is 34.6 Å². The van der Waals surface area contributed by atoms with Crippen molar-refractivity contribution in [3.8, 4) is 0 Å². The monoisotopic (exact) mass is 214 g/mol. The highest BCUT2D eigenvalue weighted by molar-refractivity contribution is 5.82. The molecule has 0 rings (SSSR count). The smallest absolute Gasteiger partial charge is 0.224 e. The third-order valence-corrected chi connectivity index (χ3v) is 2.79. The number of nitrogens with one attached hydrogen (secondary N) is 1. The largest absolute Gasteiger partial charge is 0.369 e. The lowest BCUT2D eigenvalue weighted by molar-refractivity contribution is -0.128. The maximum Gasteiger partial charge on any atom is 0.224 e. The van der Waals surface area contributed by atoms with Gasteiger partial charge in [0.15, 0.2) is 0 Å². The Kier molecular flexibility index (Phi) is 4.78. The quantitative estimate of drug-likeness (QED) is 0.714. The first-order valence-corrected chi connectivity index (χ1v) is 5.26. The Morgan fingerprint density at radius 3 is 2.07 bits per heavy atom. The van der Waals surface area contributed by atoms with E-state index in [9.17, 15) is 9.59 Å². The lowest BCUT2D eigenvalue weighted by Gasteiger charge is -2.23. The molecule has 0 saturated carbocycles. The summed E-state index contributed by atoms with van der Waals surface area (Å²) in [6, 6.07) is 0. The number of hydrogen-bond acceptors (Lipinski definition) is 2. The van der Waals surface area contributed by atoms with E-state index in [2.05, 4.69) is 5.32 Å². The van der Waals surface area contributed by atoms with Crippen molar-refractivity contribution in [2.75, 3.05) is 6.54 Å². The molecular formula is C11H22N2O2. The van der Waals surface area contributed by atoms with Crippen LogP contribution in [0.25, 0.3) is 0 Å². The second kappa shape index (κ2) is 5.14. The van der Waals surface area contributed by atoms with Crippen LogP contribution >= 0.6 is 0 Å². The van der Waals surface area contributed by atoms with Gasteiger partial charge in [-0.1, -0.05) is 20.8 Å². The summed E-state index contributed by atoms with van der Waals surface area (Å²) < 4.78 is 0. The van der Waals surface area contributed by atoms with Crippen molar-refractivity contribution >= 4 is 11.8 Å². The number of amides is 2. The van der Waals surface area contributed by atoms with E-state index in [4.69, 9.17) is 5.73 Å². The van der Waals surface area contributed by atoms with Gasteiger partial charge in [-0.25, -0.2) is 0 Å². The van der Waals surface area contributed by atoms with Crippen LogP contribution in [0.3, 0.4) is 0 Å². The molecule has 0 aliphatic carbocycles. The molecule has 0 radical (unpaired) electrons. The van der Waals surface area contributed by atoms with Crippen LogP contribution in [-0.2, 0) is 9.59 Å². The van der Waals surface area contributed by atoms with Gasteiger partial charge in [0.05, 0.1) is 5.41 Å². The third-order valence-electron chi connectivity index (χ3n) is 2.79. The molecule has 0 spiro atoms. The predicted octanol–water partition coefficient (Wildman–Crippen LogP) is 0.906. The van der Waals surface area contributed by atoms with Gasteiger partial charge in [0, 0.05) is 12.5 Å². The van der Waals surface area contributed by atoms with Crippen LogP contribution in [0.5, 0.6) is 0 Å². The van der Waals surface area contributed by atoms with E-state index in [1.807, 2.05) is 20.8 Å². The molecule has 0 aliphatic rings. The summed E-state index contributed by atoms with van der Waals surface area (Å²) in [5, 5.41) is 2.75. The SMILES string of the molecule is CC(C)[C@H](C)C(=O)NCC(C)(C)C(N)=O. The van der Waals surface area contributed by atoms with Gasteiger partial charge in [-0.05, 0) is 19.8 Å². The lowest BCUT2D eigenvalue weighted by Crippen LogP contribution is -2.44. The number of nitrogens with two attached hydrogens (primary N) is 1. The van der Waals surface area contributed by atoms with Gasteiger partial charge in [0.25, 0.3) is 0 Å². The zero-order chi connectivity index (χ0) is 12.2. The van der Waals surface area contributed by atoms with E-state index < -0.39 is 11.3 Å². The highest BCUT2D eigenvalue weighted by atomic mass is 16.2. The minimum atomic E-state index is -0.688. The van der Waals surface area contributed by atoms with E-state index in [1.54, 1.807) is 13.8 Å². The molecule has 0 saturated heterocycles. The molecule has 1 atom stereocenters. The molecule has 0 unspecified atom stereocenters. The Hall–Kier alpha value is -1.06. The number of carbonyl (C=O) groups excluding carboxylic acids is 2. The van der Waals surface area contributed by atoms with Gasteiger partial charge in [-0.3, -0.25) is 9.59 Å². The zero-order valence-electron chi connectivity index (χ0n) is 10.3. The number of rotatable bonds is 5. The minimum Gasteiger partial charge on any atom is -0.369 e. The van der Waals surface area contributed by atoms with E-state index in [-0.39, 0.29) is 18.4 Å². The molecule has 0 aliphatic heterocycles. The van der Waals surface area contributed by atoms with Crippen molar-refractivity contribution in [1.29, 1.82) is 0 Å². The molecule has 3 N–H and O–H groups in total. The van der Waals surface area contributed by atoms with Crippen LogP contribution in [0, 0.1) is 17.3 Å². The topological polar surface area (TPSA) is 72.2 Å². The normalized spacial score (nSPS) is 13.7. The maximum absolute atomic E-state index is 11.6. The molecule has 0 aromatic rings. The summed E-state index contributed by atoms with van der Waals surface area (Å²) in [6.07, 6.45) is 0. The average molecular weight is 214 g/mol. The highest BCUT2D eigenvalue weighted by Crippen LogP contribution is 2.14. The summed E-state index contributed by atoms with van der Waals surface area (Å²) in [5.74, 6) is -0.185. The Labute approximate surface area is 91.6 Å². The maximum atomic E-state index is 11.6. The summed E-state index contributed by atoms with van der Waals surface area (Å²) in [7, 11) is 0. The van der Waals surface area contributed by atoms with E-state index >= 15 is 0 Å². The molecule has 88 valence electrons.